The zero-order chi connectivity index (χ0) is 13.9. The van der Waals surface area contributed by atoms with E-state index in [-0.39, 0.29) is 6.10 Å². The highest BCUT2D eigenvalue weighted by Gasteiger charge is 2.32. The summed E-state index contributed by atoms with van der Waals surface area (Å²) in [4.78, 5) is 8.44. The molecule has 1 fully saturated rings. The molecule has 4 heteroatoms. The largest absolute Gasteiger partial charge is 0.475 e. The third kappa shape index (κ3) is 3.82. The minimum atomic E-state index is 0.133. The van der Waals surface area contributed by atoms with Crippen LogP contribution in [-0.2, 0) is 0 Å². The fourth-order valence-electron chi connectivity index (χ4n) is 2.66. The Kier molecular flexibility index (Phi) is 4.27. The molecule has 2 rings (SSSR count). The molecule has 0 spiro atoms. The highest BCUT2D eigenvalue weighted by Crippen LogP contribution is 2.37. The van der Waals surface area contributed by atoms with Crippen LogP contribution in [0.1, 0.15) is 53.4 Å². The lowest BCUT2D eigenvalue weighted by Crippen LogP contribution is -2.39. The zero-order valence-electron chi connectivity index (χ0n) is 12.4. The van der Waals surface area contributed by atoms with Crippen molar-refractivity contribution < 1.29 is 4.74 Å². The first kappa shape index (κ1) is 14.1. The molecule has 4 nitrogen and oxygen atoms in total. The highest BCUT2D eigenvalue weighted by molar-refractivity contribution is 5.38. The maximum Gasteiger partial charge on any atom is 0.218 e. The Labute approximate surface area is 116 Å². The first-order valence-corrected chi connectivity index (χ1v) is 7.22. The average molecular weight is 263 g/mol. The molecule has 0 saturated heterocycles. The fraction of sp³-hybridized carbons (Fsp3) is 0.733. The van der Waals surface area contributed by atoms with Crippen LogP contribution in [0, 0.1) is 5.41 Å². The summed E-state index contributed by atoms with van der Waals surface area (Å²) in [7, 11) is 0. The summed E-state index contributed by atoms with van der Waals surface area (Å²) >= 11 is 0. The van der Waals surface area contributed by atoms with E-state index >= 15 is 0 Å². The zero-order valence-corrected chi connectivity index (χ0v) is 12.4. The van der Waals surface area contributed by atoms with Crippen LogP contribution >= 0.6 is 0 Å². The molecule has 1 aliphatic rings. The molecular weight excluding hydrogens is 238 g/mol. The molecule has 1 aromatic heterocycles. The summed E-state index contributed by atoms with van der Waals surface area (Å²) in [5.74, 6) is 1.51. The van der Waals surface area contributed by atoms with Crippen LogP contribution in [0.4, 0.5) is 5.82 Å². The highest BCUT2D eigenvalue weighted by atomic mass is 16.5. The summed E-state index contributed by atoms with van der Waals surface area (Å²) < 4.78 is 5.60. The first-order valence-electron chi connectivity index (χ1n) is 7.22. The van der Waals surface area contributed by atoms with Gasteiger partial charge in [-0.05, 0) is 32.1 Å². The lowest BCUT2D eigenvalue weighted by Gasteiger charge is -2.39. The van der Waals surface area contributed by atoms with E-state index in [2.05, 4.69) is 29.1 Å². The van der Waals surface area contributed by atoms with E-state index in [1.54, 1.807) is 6.33 Å². The van der Waals surface area contributed by atoms with Crippen LogP contribution < -0.4 is 10.1 Å². The molecule has 1 unspecified atom stereocenters. The van der Waals surface area contributed by atoms with E-state index in [0.29, 0.717) is 17.3 Å². The topological polar surface area (TPSA) is 47.0 Å². The van der Waals surface area contributed by atoms with Gasteiger partial charge in [-0.1, -0.05) is 26.7 Å². The van der Waals surface area contributed by atoms with Gasteiger partial charge in [0.15, 0.2) is 0 Å². The lowest BCUT2D eigenvalue weighted by atomic mass is 9.73. The van der Waals surface area contributed by atoms with Gasteiger partial charge in [-0.2, -0.15) is 0 Å². The van der Waals surface area contributed by atoms with Crippen LogP contribution in [0.25, 0.3) is 0 Å². The van der Waals surface area contributed by atoms with Crippen LogP contribution in [0.15, 0.2) is 12.4 Å². The minimum absolute atomic E-state index is 0.133. The summed E-state index contributed by atoms with van der Waals surface area (Å²) in [6.45, 7) is 8.66. The molecule has 1 saturated carbocycles. The van der Waals surface area contributed by atoms with Gasteiger partial charge < -0.3 is 10.1 Å². The lowest BCUT2D eigenvalue weighted by molar-refractivity contribution is 0.216. The Morgan fingerprint density at radius 1 is 1.32 bits per heavy atom. The molecule has 1 aromatic rings. The van der Waals surface area contributed by atoms with Crippen molar-refractivity contribution in [2.75, 3.05) is 5.32 Å². The summed E-state index contributed by atoms with van der Waals surface area (Å²) in [6.07, 6.45) is 6.80. The van der Waals surface area contributed by atoms with Gasteiger partial charge in [-0.15, -0.1) is 0 Å². The number of aromatic nitrogens is 2. The molecule has 0 aliphatic heterocycles. The Bertz CT molecular complexity index is 418. The molecule has 1 heterocycles. The van der Waals surface area contributed by atoms with Gasteiger partial charge in [0.05, 0.1) is 6.10 Å². The smallest absolute Gasteiger partial charge is 0.218 e. The quantitative estimate of drug-likeness (QED) is 0.900. The maximum absolute atomic E-state index is 5.60. The Morgan fingerprint density at radius 3 is 2.79 bits per heavy atom. The number of hydrogen-bond acceptors (Lipinski definition) is 4. The molecule has 0 radical (unpaired) electrons. The van der Waals surface area contributed by atoms with Gasteiger partial charge in [-0.3, -0.25) is 0 Å². The van der Waals surface area contributed by atoms with Crippen molar-refractivity contribution in [3.05, 3.63) is 12.4 Å². The van der Waals surface area contributed by atoms with E-state index in [0.717, 1.165) is 5.82 Å². The number of nitrogens with zero attached hydrogens (tertiary/aromatic N) is 2. The van der Waals surface area contributed by atoms with Crippen LogP contribution in [0.5, 0.6) is 5.88 Å². The van der Waals surface area contributed by atoms with Crippen molar-refractivity contribution in [2.24, 2.45) is 5.41 Å². The van der Waals surface area contributed by atoms with Crippen LogP contribution in [0.3, 0.4) is 0 Å². The molecule has 1 aliphatic carbocycles. The number of hydrogen-bond donors (Lipinski definition) is 1. The second kappa shape index (κ2) is 5.76. The number of ether oxygens (including phenoxy) is 1. The summed E-state index contributed by atoms with van der Waals surface area (Å²) in [5, 5.41) is 3.55. The van der Waals surface area contributed by atoms with E-state index < -0.39 is 0 Å². The van der Waals surface area contributed by atoms with E-state index in [4.69, 9.17) is 4.74 Å². The van der Waals surface area contributed by atoms with Crippen molar-refractivity contribution in [1.29, 1.82) is 0 Å². The SMILES string of the molecule is CC(C)Oc1cc(NC2CCCCC2(C)C)ncn1. The number of anilines is 1. The van der Waals surface area contributed by atoms with Gasteiger partial charge in [-0.25, -0.2) is 9.97 Å². The Balaban J connectivity index is 2.05. The molecule has 1 atom stereocenters. The van der Waals surface area contributed by atoms with E-state index in [9.17, 15) is 0 Å². The second-order valence-corrected chi connectivity index (χ2v) is 6.34. The molecule has 106 valence electrons. The monoisotopic (exact) mass is 263 g/mol. The van der Waals surface area contributed by atoms with Crippen molar-refractivity contribution in [2.45, 2.75) is 65.5 Å². The van der Waals surface area contributed by atoms with Gasteiger partial charge in [0.1, 0.15) is 12.1 Å². The van der Waals surface area contributed by atoms with E-state index in [1.807, 2.05) is 19.9 Å². The normalized spacial score (nSPS) is 22.3. The molecule has 0 bridgehead atoms. The second-order valence-electron chi connectivity index (χ2n) is 6.34. The molecular formula is C15H25N3O. The Hall–Kier alpha value is -1.32. The Morgan fingerprint density at radius 2 is 2.11 bits per heavy atom. The molecule has 0 aromatic carbocycles. The molecule has 0 amide bonds. The number of nitrogens with one attached hydrogen (secondary N) is 1. The molecule has 1 N–H and O–H groups in total. The third-order valence-corrected chi connectivity index (χ3v) is 3.83. The van der Waals surface area contributed by atoms with Crippen molar-refractivity contribution >= 4 is 5.82 Å². The van der Waals surface area contributed by atoms with Gasteiger partial charge in [0, 0.05) is 12.1 Å². The molecule has 19 heavy (non-hydrogen) atoms. The van der Waals surface area contributed by atoms with Gasteiger partial charge in [0.25, 0.3) is 0 Å². The number of rotatable bonds is 4. The summed E-state index contributed by atoms with van der Waals surface area (Å²) in [6, 6.07) is 2.37. The van der Waals surface area contributed by atoms with Gasteiger partial charge in [0.2, 0.25) is 5.88 Å². The predicted octanol–water partition coefficient (Wildman–Crippen LogP) is 3.64. The van der Waals surface area contributed by atoms with Crippen molar-refractivity contribution in [1.82, 2.24) is 9.97 Å². The van der Waals surface area contributed by atoms with Gasteiger partial charge >= 0.3 is 0 Å². The average Bonchev–Trinajstić information content (AvgIpc) is 2.31. The standard InChI is InChI=1S/C15H25N3O/c1-11(2)19-14-9-13(16-10-17-14)18-12-7-5-6-8-15(12,3)4/h9-12H,5-8H2,1-4H3,(H,16,17,18). The third-order valence-electron chi connectivity index (χ3n) is 3.83. The predicted molar refractivity (Wildman–Crippen MR) is 77.5 cm³/mol. The van der Waals surface area contributed by atoms with Crippen molar-refractivity contribution in [3.8, 4) is 5.88 Å². The first-order chi connectivity index (χ1) is 8.97. The maximum atomic E-state index is 5.60. The van der Waals surface area contributed by atoms with Crippen LogP contribution in [0.2, 0.25) is 0 Å². The van der Waals surface area contributed by atoms with E-state index in [1.165, 1.54) is 25.7 Å². The minimum Gasteiger partial charge on any atom is -0.475 e. The van der Waals surface area contributed by atoms with Crippen LogP contribution in [-0.4, -0.2) is 22.1 Å². The van der Waals surface area contributed by atoms with Crippen molar-refractivity contribution in [3.63, 3.8) is 0 Å². The summed E-state index contributed by atoms with van der Waals surface area (Å²) in [5.41, 5.74) is 0.322. The fourth-order valence-corrected chi connectivity index (χ4v) is 2.66.